The van der Waals surface area contributed by atoms with E-state index < -0.39 is 5.97 Å². The molecule has 0 fully saturated rings. The van der Waals surface area contributed by atoms with Gasteiger partial charge < -0.3 is 9.84 Å². The van der Waals surface area contributed by atoms with Gasteiger partial charge in [-0.3, -0.25) is 0 Å². The minimum absolute atomic E-state index is 0.284. The Morgan fingerprint density at radius 2 is 2.18 bits per heavy atom. The first-order valence-electron chi connectivity index (χ1n) is 4.85. The van der Waals surface area contributed by atoms with Gasteiger partial charge >= 0.3 is 5.97 Å². The fraction of sp³-hybridized carbons (Fsp3) is 0.0833. The summed E-state index contributed by atoms with van der Waals surface area (Å²) in [6, 6.07) is 9.29. The Labute approximate surface area is 111 Å². The molecule has 5 heteroatoms. The Bertz CT molecular complexity index is 536. The highest BCUT2D eigenvalue weighted by molar-refractivity contribution is 9.10. The van der Waals surface area contributed by atoms with Crippen LogP contribution in [0.1, 0.15) is 15.2 Å². The van der Waals surface area contributed by atoms with Gasteiger partial charge in [-0.2, -0.15) is 0 Å². The highest BCUT2D eigenvalue weighted by Crippen LogP contribution is 2.24. The number of carboxylic acid groups (broad SMARTS) is 1. The van der Waals surface area contributed by atoms with Crippen molar-refractivity contribution in [3.63, 3.8) is 0 Å². The fourth-order valence-electron chi connectivity index (χ4n) is 1.28. The van der Waals surface area contributed by atoms with Crippen LogP contribution in [0.3, 0.4) is 0 Å². The van der Waals surface area contributed by atoms with Gasteiger partial charge in [-0.05, 0) is 6.07 Å². The SMILES string of the molecule is O=C(O)c1cc(OCc2ccccc2Br)cs1. The van der Waals surface area contributed by atoms with Gasteiger partial charge in [0, 0.05) is 21.5 Å². The van der Waals surface area contributed by atoms with Crippen LogP contribution in [-0.4, -0.2) is 11.1 Å². The minimum Gasteiger partial charge on any atom is -0.488 e. The fourth-order valence-corrected chi connectivity index (χ4v) is 2.35. The Morgan fingerprint density at radius 1 is 1.41 bits per heavy atom. The van der Waals surface area contributed by atoms with Crippen molar-refractivity contribution in [2.24, 2.45) is 0 Å². The van der Waals surface area contributed by atoms with Gasteiger partial charge in [0.25, 0.3) is 0 Å². The van der Waals surface area contributed by atoms with Gasteiger partial charge in [0.2, 0.25) is 0 Å². The van der Waals surface area contributed by atoms with Crippen molar-refractivity contribution >= 4 is 33.2 Å². The van der Waals surface area contributed by atoms with E-state index in [0.29, 0.717) is 12.4 Å². The summed E-state index contributed by atoms with van der Waals surface area (Å²) < 4.78 is 6.50. The molecular weight excluding hydrogens is 304 g/mol. The van der Waals surface area contributed by atoms with E-state index in [0.717, 1.165) is 21.4 Å². The van der Waals surface area contributed by atoms with Crippen molar-refractivity contribution in [1.29, 1.82) is 0 Å². The zero-order valence-electron chi connectivity index (χ0n) is 8.72. The average molecular weight is 313 g/mol. The minimum atomic E-state index is -0.925. The van der Waals surface area contributed by atoms with Gasteiger partial charge in [0.15, 0.2) is 0 Å². The molecule has 2 rings (SSSR count). The predicted octanol–water partition coefficient (Wildman–Crippen LogP) is 3.79. The maximum absolute atomic E-state index is 10.7. The molecule has 17 heavy (non-hydrogen) atoms. The Kier molecular flexibility index (Phi) is 3.81. The molecule has 0 aliphatic rings. The third kappa shape index (κ3) is 3.08. The van der Waals surface area contributed by atoms with Crippen LogP contribution in [0.15, 0.2) is 40.2 Å². The van der Waals surface area contributed by atoms with E-state index in [1.54, 1.807) is 5.38 Å². The number of aromatic carboxylic acids is 1. The third-order valence-corrected chi connectivity index (χ3v) is 3.81. The van der Waals surface area contributed by atoms with Crippen molar-refractivity contribution in [2.75, 3.05) is 0 Å². The lowest BCUT2D eigenvalue weighted by Crippen LogP contribution is -1.95. The van der Waals surface area contributed by atoms with E-state index in [2.05, 4.69) is 15.9 Å². The van der Waals surface area contributed by atoms with Crippen LogP contribution >= 0.6 is 27.3 Å². The summed E-state index contributed by atoms with van der Waals surface area (Å²) in [6.07, 6.45) is 0. The maximum Gasteiger partial charge on any atom is 0.346 e. The number of hydrogen-bond donors (Lipinski definition) is 1. The highest BCUT2D eigenvalue weighted by Gasteiger charge is 2.08. The van der Waals surface area contributed by atoms with Gasteiger partial charge in [-0.1, -0.05) is 34.1 Å². The van der Waals surface area contributed by atoms with E-state index in [-0.39, 0.29) is 4.88 Å². The molecule has 0 spiro atoms. The first kappa shape index (κ1) is 12.1. The summed E-state index contributed by atoms with van der Waals surface area (Å²) in [5.74, 6) is -0.339. The second-order valence-electron chi connectivity index (χ2n) is 3.33. The molecule has 0 radical (unpaired) electrons. The summed E-state index contributed by atoms with van der Waals surface area (Å²) in [7, 11) is 0. The zero-order chi connectivity index (χ0) is 12.3. The monoisotopic (exact) mass is 312 g/mol. The van der Waals surface area contributed by atoms with Crippen LogP contribution in [0.25, 0.3) is 0 Å². The van der Waals surface area contributed by atoms with Gasteiger partial charge in [0.1, 0.15) is 17.2 Å². The van der Waals surface area contributed by atoms with Crippen LogP contribution in [0.5, 0.6) is 5.75 Å². The van der Waals surface area contributed by atoms with E-state index in [4.69, 9.17) is 9.84 Å². The molecule has 0 aliphatic carbocycles. The second kappa shape index (κ2) is 5.33. The van der Waals surface area contributed by atoms with Crippen LogP contribution in [0.2, 0.25) is 0 Å². The molecule has 1 heterocycles. The lowest BCUT2D eigenvalue weighted by molar-refractivity contribution is 0.0702. The molecular formula is C12H9BrO3S. The van der Waals surface area contributed by atoms with Gasteiger partial charge in [-0.25, -0.2) is 4.79 Å². The predicted molar refractivity (Wildman–Crippen MR) is 69.8 cm³/mol. The summed E-state index contributed by atoms with van der Waals surface area (Å²) in [5.41, 5.74) is 1.02. The first-order chi connectivity index (χ1) is 8.16. The third-order valence-electron chi connectivity index (χ3n) is 2.14. The number of rotatable bonds is 4. The molecule has 2 aromatic rings. The molecule has 0 saturated carbocycles. The molecule has 1 aromatic carbocycles. The number of thiophene rings is 1. The summed E-state index contributed by atoms with van der Waals surface area (Å²) >= 11 is 4.59. The van der Waals surface area contributed by atoms with Crippen molar-refractivity contribution in [3.05, 3.63) is 50.6 Å². The molecule has 0 aliphatic heterocycles. The summed E-state index contributed by atoms with van der Waals surface area (Å²) in [5, 5.41) is 10.5. The molecule has 1 N–H and O–H groups in total. The Morgan fingerprint density at radius 3 is 2.82 bits per heavy atom. The van der Waals surface area contributed by atoms with E-state index >= 15 is 0 Å². The van der Waals surface area contributed by atoms with Crippen molar-refractivity contribution in [3.8, 4) is 5.75 Å². The van der Waals surface area contributed by atoms with Crippen molar-refractivity contribution < 1.29 is 14.6 Å². The lowest BCUT2D eigenvalue weighted by Gasteiger charge is -2.05. The van der Waals surface area contributed by atoms with Crippen molar-refractivity contribution in [1.82, 2.24) is 0 Å². The van der Waals surface area contributed by atoms with Gasteiger partial charge in [-0.15, -0.1) is 11.3 Å². The number of carbonyl (C=O) groups is 1. The summed E-state index contributed by atoms with van der Waals surface area (Å²) in [6.45, 7) is 0.414. The molecule has 0 atom stereocenters. The van der Waals surface area contributed by atoms with E-state index in [1.165, 1.54) is 6.07 Å². The zero-order valence-corrected chi connectivity index (χ0v) is 11.1. The van der Waals surface area contributed by atoms with Crippen LogP contribution < -0.4 is 4.74 Å². The Balaban J connectivity index is 2.02. The maximum atomic E-state index is 10.7. The second-order valence-corrected chi connectivity index (χ2v) is 5.10. The molecule has 0 bridgehead atoms. The molecule has 0 amide bonds. The van der Waals surface area contributed by atoms with E-state index in [9.17, 15) is 4.79 Å². The number of ether oxygens (including phenoxy) is 1. The average Bonchev–Trinajstić information content (AvgIpc) is 2.77. The van der Waals surface area contributed by atoms with Crippen LogP contribution in [0.4, 0.5) is 0 Å². The van der Waals surface area contributed by atoms with Crippen LogP contribution in [-0.2, 0) is 6.61 Å². The molecule has 0 unspecified atom stereocenters. The Hall–Kier alpha value is -1.33. The smallest absolute Gasteiger partial charge is 0.346 e. The quantitative estimate of drug-likeness (QED) is 0.934. The standard InChI is InChI=1S/C12H9BrO3S/c13-10-4-2-1-3-8(10)6-16-9-5-11(12(14)15)17-7-9/h1-5,7H,6H2,(H,14,15). The summed E-state index contributed by atoms with van der Waals surface area (Å²) in [4.78, 5) is 11.0. The molecule has 0 saturated heterocycles. The topological polar surface area (TPSA) is 46.5 Å². The largest absolute Gasteiger partial charge is 0.488 e. The highest BCUT2D eigenvalue weighted by atomic mass is 79.9. The van der Waals surface area contributed by atoms with Crippen molar-refractivity contribution in [2.45, 2.75) is 6.61 Å². The number of benzene rings is 1. The normalized spacial score (nSPS) is 10.2. The number of carboxylic acids is 1. The molecule has 3 nitrogen and oxygen atoms in total. The number of halogens is 1. The van der Waals surface area contributed by atoms with Crippen LogP contribution in [0, 0.1) is 0 Å². The molecule has 1 aromatic heterocycles. The van der Waals surface area contributed by atoms with Gasteiger partial charge in [0.05, 0.1) is 0 Å². The first-order valence-corrected chi connectivity index (χ1v) is 6.52. The lowest BCUT2D eigenvalue weighted by atomic mass is 10.2. The molecule has 88 valence electrons. The number of hydrogen-bond acceptors (Lipinski definition) is 3. The van der Waals surface area contributed by atoms with E-state index in [1.807, 2.05) is 24.3 Å².